The molecule has 3 rings (SSSR count). The number of fused-ring (bicyclic) bond motifs is 1. The van der Waals surface area contributed by atoms with E-state index in [4.69, 9.17) is 15.2 Å². The summed E-state index contributed by atoms with van der Waals surface area (Å²) in [7, 11) is 3.27. The van der Waals surface area contributed by atoms with Crippen molar-refractivity contribution >= 4 is 17.3 Å². The normalized spacial score (nSPS) is 13.8. The smallest absolute Gasteiger partial charge is 0.238 e. The second-order valence-corrected chi connectivity index (χ2v) is 6.07. The molecule has 1 heterocycles. The van der Waals surface area contributed by atoms with Crippen molar-refractivity contribution in [2.75, 3.05) is 38.4 Å². The van der Waals surface area contributed by atoms with E-state index in [0.29, 0.717) is 30.2 Å². The molecule has 0 atom stereocenters. The summed E-state index contributed by atoms with van der Waals surface area (Å²) in [4.78, 5) is 14.4. The molecule has 132 valence electrons. The number of nitrogen functional groups attached to an aromatic ring is 1. The van der Waals surface area contributed by atoms with E-state index >= 15 is 0 Å². The van der Waals surface area contributed by atoms with E-state index < -0.39 is 0 Å². The third kappa shape index (κ3) is 3.85. The van der Waals surface area contributed by atoms with E-state index in [-0.39, 0.29) is 5.91 Å². The van der Waals surface area contributed by atoms with Gasteiger partial charge in [-0.05, 0) is 41.8 Å². The molecule has 6 nitrogen and oxygen atoms in total. The molecule has 0 bridgehead atoms. The van der Waals surface area contributed by atoms with E-state index in [1.807, 2.05) is 24.3 Å². The van der Waals surface area contributed by atoms with Crippen LogP contribution in [0, 0.1) is 0 Å². The molecule has 6 heteroatoms. The van der Waals surface area contributed by atoms with Crippen molar-refractivity contribution in [1.29, 1.82) is 0 Å². The van der Waals surface area contributed by atoms with Crippen LogP contribution in [0.25, 0.3) is 0 Å². The fourth-order valence-corrected chi connectivity index (χ4v) is 3.08. The molecule has 3 N–H and O–H groups in total. The Morgan fingerprint density at radius 2 is 1.84 bits per heavy atom. The molecule has 1 amide bonds. The van der Waals surface area contributed by atoms with E-state index in [1.165, 1.54) is 5.56 Å². The number of ether oxygens (including phenoxy) is 2. The first-order valence-corrected chi connectivity index (χ1v) is 8.21. The molecule has 2 aromatic carbocycles. The fraction of sp³-hybridized carbons (Fsp3) is 0.316. The lowest BCUT2D eigenvalue weighted by atomic mass is 9.99. The van der Waals surface area contributed by atoms with Crippen LogP contribution in [0.2, 0.25) is 0 Å². The molecule has 0 aromatic heterocycles. The first kappa shape index (κ1) is 17.1. The number of para-hydroxylation sites is 2. The average molecular weight is 341 g/mol. The molecular formula is C19H23N3O3. The van der Waals surface area contributed by atoms with Gasteiger partial charge in [0.1, 0.15) is 0 Å². The highest BCUT2D eigenvalue weighted by atomic mass is 16.5. The Morgan fingerprint density at radius 1 is 1.16 bits per heavy atom. The van der Waals surface area contributed by atoms with Crippen LogP contribution < -0.4 is 20.5 Å². The molecule has 2 aromatic rings. The second kappa shape index (κ2) is 7.44. The first-order chi connectivity index (χ1) is 12.1. The molecule has 0 saturated carbocycles. The fourth-order valence-electron chi connectivity index (χ4n) is 3.08. The summed E-state index contributed by atoms with van der Waals surface area (Å²) in [6.07, 6.45) is 0.871. The monoisotopic (exact) mass is 341 g/mol. The highest BCUT2D eigenvalue weighted by Gasteiger charge is 2.21. The Hall–Kier alpha value is -2.73. The first-order valence-electron chi connectivity index (χ1n) is 8.21. The summed E-state index contributed by atoms with van der Waals surface area (Å²) in [5.74, 6) is 1.39. The number of nitrogens with two attached hydrogens (primary N) is 1. The third-order valence-corrected chi connectivity index (χ3v) is 4.40. The van der Waals surface area contributed by atoms with Gasteiger partial charge in [-0.25, -0.2) is 0 Å². The third-order valence-electron chi connectivity index (χ3n) is 4.40. The van der Waals surface area contributed by atoms with Crippen molar-refractivity contribution in [3.63, 3.8) is 0 Å². The summed E-state index contributed by atoms with van der Waals surface area (Å²) in [5, 5.41) is 2.87. The highest BCUT2D eigenvalue weighted by Crippen LogP contribution is 2.33. The van der Waals surface area contributed by atoms with E-state index in [9.17, 15) is 4.79 Å². The zero-order valence-electron chi connectivity index (χ0n) is 14.5. The minimum atomic E-state index is -0.0678. The lowest BCUT2D eigenvalue weighted by Gasteiger charge is -2.29. The standard InChI is InChI=1S/C19H23N3O3/c1-24-17-9-13-7-8-22(11-14(13)10-18(17)25-2)12-19(23)21-16-6-4-3-5-15(16)20/h3-6,9-10H,7-8,11-12,20H2,1-2H3,(H,21,23). The van der Waals surface area contributed by atoms with Gasteiger partial charge >= 0.3 is 0 Å². The summed E-state index contributed by atoms with van der Waals surface area (Å²) in [6.45, 7) is 1.84. The molecule has 0 aliphatic carbocycles. The van der Waals surface area contributed by atoms with Gasteiger partial charge in [-0.15, -0.1) is 0 Å². The predicted molar refractivity (Wildman–Crippen MR) is 98.0 cm³/mol. The summed E-state index contributed by atoms with van der Waals surface area (Å²) in [5.41, 5.74) is 9.49. The SMILES string of the molecule is COc1cc2c(cc1OC)CN(CC(=O)Nc1ccccc1N)CC2. The minimum absolute atomic E-state index is 0.0678. The molecule has 25 heavy (non-hydrogen) atoms. The number of hydrogen-bond acceptors (Lipinski definition) is 5. The van der Waals surface area contributed by atoms with Crippen molar-refractivity contribution in [1.82, 2.24) is 4.90 Å². The second-order valence-electron chi connectivity index (χ2n) is 6.07. The molecule has 1 aliphatic heterocycles. The Morgan fingerprint density at radius 3 is 2.52 bits per heavy atom. The number of rotatable bonds is 5. The zero-order valence-corrected chi connectivity index (χ0v) is 14.5. The van der Waals surface area contributed by atoms with Crippen molar-refractivity contribution in [2.45, 2.75) is 13.0 Å². The Balaban J connectivity index is 1.66. The van der Waals surface area contributed by atoms with Crippen LogP contribution in [0.5, 0.6) is 11.5 Å². The van der Waals surface area contributed by atoms with Crippen LogP contribution in [-0.4, -0.2) is 38.1 Å². The molecule has 0 saturated heterocycles. The zero-order chi connectivity index (χ0) is 17.8. The lowest BCUT2D eigenvalue weighted by Crippen LogP contribution is -2.37. The average Bonchev–Trinajstić information content (AvgIpc) is 2.62. The Bertz CT molecular complexity index is 777. The molecule has 0 radical (unpaired) electrons. The topological polar surface area (TPSA) is 76.8 Å². The quantitative estimate of drug-likeness (QED) is 0.816. The van der Waals surface area contributed by atoms with Gasteiger partial charge in [-0.3, -0.25) is 9.69 Å². The predicted octanol–water partition coefficient (Wildman–Crippen LogP) is 2.28. The van der Waals surface area contributed by atoms with E-state index in [1.54, 1.807) is 26.4 Å². The van der Waals surface area contributed by atoms with Crippen molar-refractivity contribution < 1.29 is 14.3 Å². The maximum absolute atomic E-state index is 12.3. The van der Waals surface area contributed by atoms with E-state index in [0.717, 1.165) is 24.3 Å². The maximum atomic E-state index is 12.3. The number of hydrogen-bond donors (Lipinski definition) is 2. The molecule has 0 fully saturated rings. The van der Waals surface area contributed by atoms with E-state index in [2.05, 4.69) is 10.2 Å². The molecule has 1 aliphatic rings. The number of carbonyl (C=O) groups excluding carboxylic acids is 1. The van der Waals surface area contributed by atoms with Crippen LogP contribution in [0.3, 0.4) is 0 Å². The van der Waals surface area contributed by atoms with Gasteiger partial charge in [0.15, 0.2) is 11.5 Å². The van der Waals surface area contributed by atoms with Gasteiger partial charge in [0.2, 0.25) is 5.91 Å². The number of nitrogens with one attached hydrogen (secondary N) is 1. The van der Waals surface area contributed by atoms with Gasteiger partial charge in [0.05, 0.1) is 32.1 Å². The Kier molecular flexibility index (Phi) is 5.09. The number of benzene rings is 2. The number of carbonyl (C=O) groups is 1. The number of methoxy groups -OCH3 is 2. The van der Waals surface area contributed by atoms with Gasteiger partial charge in [0.25, 0.3) is 0 Å². The minimum Gasteiger partial charge on any atom is -0.493 e. The lowest BCUT2D eigenvalue weighted by molar-refractivity contribution is -0.117. The number of nitrogens with zero attached hydrogens (tertiary/aromatic N) is 1. The maximum Gasteiger partial charge on any atom is 0.238 e. The van der Waals surface area contributed by atoms with Crippen LogP contribution >= 0.6 is 0 Å². The summed E-state index contributed by atoms with van der Waals surface area (Å²) >= 11 is 0. The Labute approximate surface area is 147 Å². The van der Waals surface area contributed by atoms with Crippen molar-refractivity contribution in [2.24, 2.45) is 0 Å². The summed E-state index contributed by atoms with van der Waals surface area (Å²) < 4.78 is 10.7. The van der Waals surface area contributed by atoms with Gasteiger partial charge in [0, 0.05) is 13.1 Å². The number of anilines is 2. The van der Waals surface area contributed by atoms with Gasteiger partial charge < -0.3 is 20.5 Å². The highest BCUT2D eigenvalue weighted by molar-refractivity contribution is 5.95. The molecular weight excluding hydrogens is 318 g/mol. The van der Waals surface area contributed by atoms with Gasteiger partial charge in [-0.1, -0.05) is 12.1 Å². The largest absolute Gasteiger partial charge is 0.493 e. The van der Waals surface area contributed by atoms with Crippen LogP contribution in [0.15, 0.2) is 36.4 Å². The van der Waals surface area contributed by atoms with Crippen molar-refractivity contribution in [3.8, 4) is 11.5 Å². The number of amides is 1. The summed E-state index contributed by atoms with van der Waals surface area (Å²) in [6, 6.07) is 11.3. The van der Waals surface area contributed by atoms with Crippen molar-refractivity contribution in [3.05, 3.63) is 47.5 Å². The molecule has 0 spiro atoms. The van der Waals surface area contributed by atoms with Crippen LogP contribution in [-0.2, 0) is 17.8 Å². The van der Waals surface area contributed by atoms with Crippen LogP contribution in [0.1, 0.15) is 11.1 Å². The van der Waals surface area contributed by atoms with Crippen LogP contribution in [0.4, 0.5) is 11.4 Å². The molecule has 0 unspecified atom stereocenters. The van der Waals surface area contributed by atoms with Gasteiger partial charge in [-0.2, -0.15) is 0 Å².